The third kappa shape index (κ3) is 3.49. The van der Waals surface area contributed by atoms with E-state index < -0.39 is 0 Å². The largest absolute Gasteiger partial charge is 0.329 e. The van der Waals surface area contributed by atoms with Crippen molar-refractivity contribution in [3.8, 4) is 0 Å². The van der Waals surface area contributed by atoms with Crippen molar-refractivity contribution >= 4 is 5.91 Å². The van der Waals surface area contributed by atoms with Gasteiger partial charge < -0.3 is 4.90 Å². The highest BCUT2D eigenvalue weighted by atomic mass is 16.2. The van der Waals surface area contributed by atoms with Crippen molar-refractivity contribution in [1.82, 2.24) is 10.2 Å². The summed E-state index contributed by atoms with van der Waals surface area (Å²) in [6, 6.07) is 0.0520. The number of nitrogens with one attached hydrogen (secondary N) is 1. The van der Waals surface area contributed by atoms with E-state index in [2.05, 4.69) is 26.1 Å². The van der Waals surface area contributed by atoms with Gasteiger partial charge in [0.2, 0.25) is 5.91 Å². The van der Waals surface area contributed by atoms with Gasteiger partial charge in [0, 0.05) is 6.54 Å². The molecule has 1 heterocycles. The molecule has 0 aliphatic carbocycles. The van der Waals surface area contributed by atoms with E-state index in [0.717, 1.165) is 19.6 Å². The predicted octanol–water partition coefficient (Wildman–Crippen LogP) is 1.98. The molecule has 1 saturated heterocycles. The molecule has 0 saturated carbocycles. The van der Waals surface area contributed by atoms with E-state index in [1.165, 1.54) is 19.3 Å². The topological polar surface area (TPSA) is 32.3 Å². The van der Waals surface area contributed by atoms with Crippen LogP contribution >= 0.6 is 0 Å². The summed E-state index contributed by atoms with van der Waals surface area (Å²) in [5.41, 5.74) is 0. The fraction of sp³-hybridized carbons (Fsp3) is 0.917. The lowest BCUT2D eigenvalue weighted by Crippen LogP contribution is -2.34. The summed E-state index contributed by atoms with van der Waals surface area (Å²) in [6.45, 7) is 8.06. The first-order valence-corrected chi connectivity index (χ1v) is 6.19. The van der Waals surface area contributed by atoms with Crippen molar-refractivity contribution in [2.75, 3.05) is 13.2 Å². The maximum Gasteiger partial charge on any atom is 0.241 e. The molecule has 0 aromatic heterocycles. The summed E-state index contributed by atoms with van der Waals surface area (Å²) in [5, 5.41) is 3.27. The van der Waals surface area contributed by atoms with Crippen LogP contribution in [-0.2, 0) is 4.79 Å². The van der Waals surface area contributed by atoms with Crippen LogP contribution in [0, 0.1) is 5.92 Å². The minimum atomic E-state index is 0.0520. The zero-order valence-electron chi connectivity index (χ0n) is 10.3. The first-order chi connectivity index (χ1) is 7.16. The predicted molar refractivity (Wildman–Crippen MR) is 62.5 cm³/mol. The highest BCUT2D eigenvalue weighted by molar-refractivity contribution is 5.83. The molecular formula is C12H24N2O. The quantitative estimate of drug-likeness (QED) is 0.683. The minimum Gasteiger partial charge on any atom is -0.329 e. The van der Waals surface area contributed by atoms with Gasteiger partial charge in [0.25, 0.3) is 0 Å². The molecule has 1 unspecified atom stereocenters. The van der Waals surface area contributed by atoms with Crippen LogP contribution in [0.3, 0.4) is 0 Å². The smallest absolute Gasteiger partial charge is 0.241 e. The molecule has 1 rings (SSSR count). The number of hydrogen-bond acceptors (Lipinski definition) is 2. The number of amides is 1. The second-order valence-corrected chi connectivity index (χ2v) is 4.75. The Morgan fingerprint density at radius 2 is 2.13 bits per heavy atom. The van der Waals surface area contributed by atoms with E-state index >= 15 is 0 Å². The van der Waals surface area contributed by atoms with Gasteiger partial charge in [-0.25, -0.2) is 0 Å². The second-order valence-electron chi connectivity index (χ2n) is 4.75. The van der Waals surface area contributed by atoms with Crippen LogP contribution in [0.2, 0.25) is 0 Å². The van der Waals surface area contributed by atoms with Crippen molar-refractivity contribution in [2.24, 2.45) is 5.92 Å². The van der Waals surface area contributed by atoms with Gasteiger partial charge in [-0.05, 0) is 12.3 Å². The van der Waals surface area contributed by atoms with Gasteiger partial charge in [-0.1, -0.05) is 40.0 Å². The Kier molecular flexibility index (Phi) is 5.09. The summed E-state index contributed by atoms with van der Waals surface area (Å²) < 4.78 is 0. The number of carbonyl (C=O) groups excluding carboxylic acids is 1. The maximum atomic E-state index is 11.9. The molecule has 0 aromatic carbocycles. The zero-order chi connectivity index (χ0) is 11.3. The Morgan fingerprint density at radius 3 is 2.67 bits per heavy atom. The SMILES string of the molecule is CCCCCCN1CNC(C(C)C)C1=O. The average Bonchev–Trinajstić information content (AvgIpc) is 2.55. The molecule has 88 valence electrons. The fourth-order valence-electron chi connectivity index (χ4n) is 2.01. The summed E-state index contributed by atoms with van der Waals surface area (Å²) in [4.78, 5) is 13.8. The van der Waals surface area contributed by atoms with E-state index in [4.69, 9.17) is 0 Å². The number of carbonyl (C=O) groups is 1. The Morgan fingerprint density at radius 1 is 1.40 bits per heavy atom. The van der Waals surface area contributed by atoms with Crippen molar-refractivity contribution in [1.29, 1.82) is 0 Å². The zero-order valence-corrected chi connectivity index (χ0v) is 10.3. The van der Waals surface area contributed by atoms with Crippen LogP contribution in [0.5, 0.6) is 0 Å². The molecule has 1 fully saturated rings. The van der Waals surface area contributed by atoms with Crippen molar-refractivity contribution in [3.05, 3.63) is 0 Å². The molecule has 15 heavy (non-hydrogen) atoms. The molecular weight excluding hydrogens is 188 g/mol. The summed E-state index contributed by atoms with van der Waals surface area (Å²) >= 11 is 0. The molecule has 1 N–H and O–H groups in total. The van der Waals surface area contributed by atoms with Crippen LogP contribution in [0.1, 0.15) is 46.5 Å². The summed E-state index contributed by atoms with van der Waals surface area (Å²) in [7, 11) is 0. The minimum absolute atomic E-state index is 0.0520. The van der Waals surface area contributed by atoms with Crippen molar-refractivity contribution in [3.63, 3.8) is 0 Å². The number of nitrogens with zero attached hydrogens (tertiary/aromatic N) is 1. The van der Waals surface area contributed by atoms with E-state index in [1.807, 2.05) is 4.90 Å². The molecule has 3 nitrogen and oxygen atoms in total. The van der Waals surface area contributed by atoms with E-state index in [1.54, 1.807) is 0 Å². The molecule has 0 radical (unpaired) electrons. The first-order valence-electron chi connectivity index (χ1n) is 6.19. The van der Waals surface area contributed by atoms with Crippen LogP contribution < -0.4 is 5.32 Å². The summed E-state index contributed by atoms with van der Waals surface area (Å²) in [6.07, 6.45) is 4.92. The Balaban J connectivity index is 2.24. The lowest BCUT2D eigenvalue weighted by Gasteiger charge is -2.16. The highest BCUT2D eigenvalue weighted by Crippen LogP contribution is 2.12. The summed E-state index contributed by atoms with van der Waals surface area (Å²) in [5.74, 6) is 0.694. The van der Waals surface area contributed by atoms with E-state index in [9.17, 15) is 4.79 Å². The molecule has 3 heteroatoms. The second kappa shape index (κ2) is 6.11. The number of rotatable bonds is 6. The Labute approximate surface area is 93.2 Å². The molecule has 1 atom stereocenters. The highest BCUT2D eigenvalue weighted by Gasteiger charge is 2.32. The van der Waals surface area contributed by atoms with Crippen LogP contribution in [0.15, 0.2) is 0 Å². The molecule has 1 aliphatic heterocycles. The molecule has 0 aromatic rings. The normalized spacial score (nSPS) is 21.7. The van der Waals surface area contributed by atoms with Gasteiger partial charge in [0.15, 0.2) is 0 Å². The van der Waals surface area contributed by atoms with Gasteiger partial charge in [-0.3, -0.25) is 10.1 Å². The first kappa shape index (κ1) is 12.5. The van der Waals surface area contributed by atoms with Crippen LogP contribution in [0.25, 0.3) is 0 Å². The Bertz CT molecular complexity index is 204. The van der Waals surface area contributed by atoms with E-state index in [0.29, 0.717) is 11.8 Å². The van der Waals surface area contributed by atoms with Gasteiger partial charge in [0.05, 0.1) is 12.7 Å². The number of hydrogen-bond donors (Lipinski definition) is 1. The van der Waals surface area contributed by atoms with Crippen LogP contribution in [-0.4, -0.2) is 30.1 Å². The molecule has 1 aliphatic rings. The lowest BCUT2D eigenvalue weighted by atomic mass is 10.1. The monoisotopic (exact) mass is 212 g/mol. The van der Waals surface area contributed by atoms with Crippen molar-refractivity contribution < 1.29 is 4.79 Å². The fourth-order valence-corrected chi connectivity index (χ4v) is 2.01. The van der Waals surface area contributed by atoms with E-state index in [-0.39, 0.29) is 6.04 Å². The van der Waals surface area contributed by atoms with Gasteiger partial charge in [-0.2, -0.15) is 0 Å². The van der Waals surface area contributed by atoms with Gasteiger partial charge >= 0.3 is 0 Å². The molecule has 0 bridgehead atoms. The third-order valence-corrected chi connectivity index (χ3v) is 3.03. The average molecular weight is 212 g/mol. The van der Waals surface area contributed by atoms with Crippen LogP contribution in [0.4, 0.5) is 0 Å². The maximum absolute atomic E-state index is 11.9. The van der Waals surface area contributed by atoms with Gasteiger partial charge in [0.1, 0.15) is 0 Å². The Hall–Kier alpha value is -0.570. The number of unbranched alkanes of at least 4 members (excludes halogenated alkanes) is 3. The van der Waals surface area contributed by atoms with Crippen molar-refractivity contribution in [2.45, 2.75) is 52.5 Å². The lowest BCUT2D eigenvalue weighted by molar-refractivity contribution is -0.129. The molecule has 0 spiro atoms. The standard InChI is InChI=1S/C12H24N2O/c1-4-5-6-7-8-14-9-13-11(10(2)3)12(14)15/h10-11,13H,4-9H2,1-3H3. The third-order valence-electron chi connectivity index (χ3n) is 3.03. The molecule has 1 amide bonds. The van der Waals surface area contributed by atoms with Gasteiger partial charge in [-0.15, -0.1) is 0 Å².